The minimum Gasteiger partial charge on any atom is -0.383 e. The van der Waals surface area contributed by atoms with Crippen molar-refractivity contribution in [1.82, 2.24) is 14.5 Å². The lowest BCUT2D eigenvalue weighted by Gasteiger charge is -2.34. The SMILES string of the molecule is COCCn1ccnc1[C@H]1CN(Cc2ccc(F)cc2)Cc2ccccc21. The molecule has 0 radical (unpaired) electrons. The second-order valence-corrected chi connectivity index (χ2v) is 7.02. The second-order valence-electron chi connectivity index (χ2n) is 7.02. The molecule has 0 fully saturated rings. The quantitative estimate of drug-likeness (QED) is 0.665. The summed E-state index contributed by atoms with van der Waals surface area (Å²) in [6, 6.07) is 15.4. The fourth-order valence-corrected chi connectivity index (χ4v) is 3.88. The van der Waals surface area contributed by atoms with Gasteiger partial charge in [-0.1, -0.05) is 36.4 Å². The van der Waals surface area contributed by atoms with Crippen LogP contribution in [0.5, 0.6) is 0 Å². The highest BCUT2D eigenvalue weighted by molar-refractivity contribution is 5.37. The van der Waals surface area contributed by atoms with Crippen LogP contribution in [-0.4, -0.2) is 34.7 Å². The zero-order valence-corrected chi connectivity index (χ0v) is 15.5. The van der Waals surface area contributed by atoms with Gasteiger partial charge in [0.25, 0.3) is 0 Å². The molecule has 27 heavy (non-hydrogen) atoms. The molecule has 1 aromatic heterocycles. The molecule has 0 aliphatic carbocycles. The molecule has 0 N–H and O–H groups in total. The van der Waals surface area contributed by atoms with Crippen molar-refractivity contribution in [2.75, 3.05) is 20.3 Å². The zero-order valence-electron chi connectivity index (χ0n) is 15.5. The van der Waals surface area contributed by atoms with Crippen LogP contribution >= 0.6 is 0 Å². The van der Waals surface area contributed by atoms with Crippen molar-refractivity contribution in [2.45, 2.75) is 25.6 Å². The Morgan fingerprint density at radius 1 is 1.15 bits per heavy atom. The first-order valence-electron chi connectivity index (χ1n) is 9.29. The fraction of sp³-hybridized carbons (Fsp3) is 0.318. The number of benzene rings is 2. The van der Waals surface area contributed by atoms with E-state index in [0.29, 0.717) is 6.61 Å². The molecule has 2 heterocycles. The van der Waals surface area contributed by atoms with E-state index in [1.165, 1.54) is 23.3 Å². The third-order valence-corrected chi connectivity index (χ3v) is 5.18. The monoisotopic (exact) mass is 365 g/mol. The molecule has 4 rings (SSSR count). The Morgan fingerprint density at radius 2 is 1.96 bits per heavy atom. The standard InChI is InChI=1S/C22H24FN3O/c1-27-13-12-26-11-10-24-22(26)21-16-25(14-17-6-8-19(23)9-7-17)15-18-4-2-3-5-20(18)21/h2-11,21H,12-16H2,1H3/t21-/m0/s1. The summed E-state index contributed by atoms with van der Waals surface area (Å²) in [5, 5.41) is 0. The van der Waals surface area contributed by atoms with E-state index in [0.717, 1.165) is 37.6 Å². The van der Waals surface area contributed by atoms with Gasteiger partial charge in [-0.05, 0) is 28.8 Å². The number of aromatic nitrogens is 2. The summed E-state index contributed by atoms with van der Waals surface area (Å²) in [5.41, 5.74) is 3.80. The van der Waals surface area contributed by atoms with Crippen LogP contribution in [-0.2, 0) is 24.4 Å². The molecule has 0 amide bonds. The van der Waals surface area contributed by atoms with Crippen molar-refractivity contribution in [3.05, 3.63) is 89.3 Å². The lowest BCUT2D eigenvalue weighted by atomic mass is 9.88. The number of halogens is 1. The number of fused-ring (bicyclic) bond motifs is 1. The molecule has 0 spiro atoms. The highest BCUT2D eigenvalue weighted by Crippen LogP contribution is 2.33. The van der Waals surface area contributed by atoms with E-state index in [4.69, 9.17) is 4.74 Å². The van der Waals surface area contributed by atoms with Crippen molar-refractivity contribution in [3.8, 4) is 0 Å². The van der Waals surface area contributed by atoms with Crippen molar-refractivity contribution >= 4 is 0 Å². The minimum absolute atomic E-state index is 0.194. The molecule has 1 atom stereocenters. The Hall–Kier alpha value is -2.50. The smallest absolute Gasteiger partial charge is 0.123 e. The Balaban J connectivity index is 1.62. The molecule has 5 heteroatoms. The van der Waals surface area contributed by atoms with Gasteiger partial charge in [-0.3, -0.25) is 4.90 Å². The molecule has 0 unspecified atom stereocenters. The van der Waals surface area contributed by atoms with Gasteiger partial charge in [0.1, 0.15) is 11.6 Å². The van der Waals surface area contributed by atoms with Crippen molar-refractivity contribution in [1.29, 1.82) is 0 Å². The predicted octanol–water partition coefficient (Wildman–Crippen LogP) is 3.82. The average molecular weight is 365 g/mol. The summed E-state index contributed by atoms with van der Waals surface area (Å²) in [6.45, 7) is 4.03. The molecule has 1 aliphatic heterocycles. The van der Waals surface area contributed by atoms with Gasteiger partial charge in [-0.15, -0.1) is 0 Å². The van der Waals surface area contributed by atoms with Gasteiger partial charge in [0.05, 0.1) is 12.5 Å². The summed E-state index contributed by atoms with van der Waals surface area (Å²) >= 11 is 0. The summed E-state index contributed by atoms with van der Waals surface area (Å²) in [4.78, 5) is 7.09. The Labute approximate surface area is 159 Å². The first-order valence-corrected chi connectivity index (χ1v) is 9.29. The predicted molar refractivity (Wildman–Crippen MR) is 103 cm³/mol. The molecule has 1 aliphatic rings. The fourth-order valence-electron chi connectivity index (χ4n) is 3.88. The van der Waals surface area contributed by atoms with Crippen molar-refractivity contribution < 1.29 is 9.13 Å². The highest BCUT2D eigenvalue weighted by Gasteiger charge is 2.29. The van der Waals surface area contributed by atoms with E-state index < -0.39 is 0 Å². The summed E-state index contributed by atoms with van der Waals surface area (Å²) < 4.78 is 20.7. The maximum atomic E-state index is 13.2. The van der Waals surface area contributed by atoms with Crippen LogP contribution in [0.3, 0.4) is 0 Å². The van der Waals surface area contributed by atoms with Crippen LogP contribution in [0.2, 0.25) is 0 Å². The highest BCUT2D eigenvalue weighted by atomic mass is 19.1. The van der Waals surface area contributed by atoms with Crippen LogP contribution in [0.1, 0.15) is 28.4 Å². The van der Waals surface area contributed by atoms with Gasteiger partial charge < -0.3 is 9.30 Å². The Morgan fingerprint density at radius 3 is 2.78 bits per heavy atom. The van der Waals surface area contributed by atoms with Crippen LogP contribution in [0.4, 0.5) is 4.39 Å². The number of nitrogens with zero attached hydrogens (tertiary/aromatic N) is 3. The van der Waals surface area contributed by atoms with Gasteiger partial charge in [-0.2, -0.15) is 0 Å². The van der Waals surface area contributed by atoms with E-state index in [1.54, 1.807) is 7.11 Å². The van der Waals surface area contributed by atoms with Gasteiger partial charge in [0.2, 0.25) is 0 Å². The minimum atomic E-state index is -0.194. The summed E-state index contributed by atoms with van der Waals surface area (Å²) in [7, 11) is 1.72. The maximum absolute atomic E-state index is 13.2. The van der Waals surface area contributed by atoms with E-state index in [2.05, 4.69) is 38.7 Å². The number of methoxy groups -OCH3 is 1. The lowest BCUT2D eigenvalue weighted by Crippen LogP contribution is -2.35. The second kappa shape index (κ2) is 8.03. The number of hydrogen-bond acceptors (Lipinski definition) is 3. The average Bonchev–Trinajstić information content (AvgIpc) is 3.16. The molecular weight excluding hydrogens is 341 g/mol. The Bertz CT molecular complexity index is 891. The van der Waals surface area contributed by atoms with E-state index in [1.807, 2.05) is 24.5 Å². The maximum Gasteiger partial charge on any atom is 0.123 e. The molecule has 3 aromatic rings. The lowest BCUT2D eigenvalue weighted by molar-refractivity contribution is 0.184. The van der Waals surface area contributed by atoms with Crippen LogP contribution < -0.4 is 0 Å². The molecule has 0 saturated carbocycles. The Kier molecular flexibility index (Phi) is 5.32. The zero-order chi connectivity index (χ0) is 18.6. The van der Waals surface area contributed by atoms with Gasteiger partial charge >= 0.3 is 0 Å². The van der Waals surface area contributed by atoms with Crippen LogP contribution in [0.15, 0.2) is 60.9 Å². The van der Waals surface area contributed by atoms with E-state index in [9.17, 15) is 4.39 Å². The number of imidazole rings is 1. The van der Waals surface area contributed by atoms with E-state index >= 15 is 0 Å². The first-order chi connectivity index (χ1) is 13.2. The van der Waals surface area contributed by atoms with Gasteiger partial charge in [-0.25, -0.2) is 9.37 Å². The molecule has 140 valence electrons. The van der Waals surface area contributed by atoms with E-state index in [-0.39, 0.29) is 11.7 Å². The molecule has 0 bridgehead atoms. The van der Waals surface area contributed by atoms with Crippen molar-refractivity contribution in [2.24, 2.45) is 0 Å². The molecule has 2 aromatic carbocycles. The summed E-state index contributed by atoms with van der Waals surface area (Å²) in [6.07, 6.45) is 3.89. The molecule has 4 nitrogen and oxygen atoms in total. The van der Waals surface area contributed by atoms with Crippen LogP contribution in [0.25, 0.3) is 0 Å². The third-order valence-electron chi connectivity index (χ3n) is 5.18. The first kappa shape index (κ1) is 17.9. The summed E-state index contributed by atoms with van der Waals surface area (Å²) in [5.74, 6) is 1.09. The topological polar surface area (TPSA) is 30.3 Å². The number of ether oxygens (including phenoxy) is 1. The van der Waals surface area contributed by atoms with Gasteiger partial charge in [0, 0.05) is 45.7 Å². The van der Waals surface area contributed by atoms with Crippen molar-refractivity contribution in [3.63, 3.8) is 0 Å². The largest absolute Gasteiger partial charge is 0.383 e. The normalized spacial score (nSPS) is 17.0. The van der Waals surface area contributed by atoms with Crippen LogP contribution in [0, 0.1) is 5.82 Å². The number of rotatable bonds is 6. The van der Waals surface area contributed by atoms with Gasteiger partial charge in [0.15, 0.2) is 0 Å². The molecule has 0 saturated heterocycles. The third kappa shape index (κ3) is 3.94. The number of hydrogen-bond donors (Lipinski definition) is 0. The molecular formula is C22H24FN3O.